The molecule has 1 aromatic heterocycles. The Labute approximate surface area is 182 Å². The summed E-state index contributed by atoms with van der Waals surface area (Å²) in [4.78, 5) is 28.9. The molecule has 0 unspecified atom stereocenters. The standard InChI is InChI=1S/C25H29N3O3/c1-3-19-6-9-23-22(14-19)20(15-25(30)31-23)16-27-10-12-28(13-11-27)17-24(29)26-21-7-4-18(2)5-8-21/h4-9,14-15H,3,10-13,16-17H2,1-2H3,(H,26,29). The lowest BCUT2D eigenvalue weighted by atomic mass is 10.0. The van der Waals surface area contributed by atoms with Crippen molar-refractivity contribution in [2.24, 2.45) is 0 Å². The van der Waals surface area contributed by atoms with Gasteiger partial charge in [0.25, 0.3) is 0 Å². The molecular weight excluding hydrogens is 390 g/mol. The third kappa shape index (κ3) is 5.40. The number of fused-ring (bicyclic) bond motifs is 1. The predicted molar refractivity (Wildman–Crippen MR) is 123 cm³/mol. The van der Waals surface area contributed by atoms with Crippen molar-refractivity contribution in [2.45, 2.75) is 26.8 Å². The molecule has 0 aliphatic carbocycles. The second kappa shape index (κ2) is 9.45. The predicted octanol–water partition coefficient (Wildman–Crippen LogP) is 3.42. The van der Waals surface area contributed by atoms with Crippen molar-refractivity contribution in [3.63, 3.8) is 0 Å². The topological polar surface area (TPSA) is 65.8 Å². The summed E-state index contributed by atoms with van der Waals surface area (Å²) < 4.78 is 5.38. The molecule has 4 rings (SSSR count). The fraction of sp³-hybridized carbons (Fsp3) is 0.360. The Morgan fingerprint density at radius 2 is 1.71 bits per heavy atom. The fourth-order valence-corrected chi connectivity index (χ4v) is 4.01. The van der Waals surface area contributed by atoms with Gasteiger partial charge in [0.2, 0.25) is 5.91 Å². The van der Waals surface area contributed by atoms with E-state index < -0.39 is 0 Å². The Kier molecular flexibility index (Phi) is 6.49. The van der Waals surface area contributed by atoms with Gasteiger partial charge in [0, 0.05) is 49.9 Å². The Bertz CT molecular complexity index is 1110. The van der Waals surface area contributed by atoms with Gasteiger partial charge >= 0.3 is 5.63 Å². The molecule has 1 aliphatic heterocycles. The number of carbonyl (C=O) groups is 1. The van der Waals surface area contributed by atoms with Crippen molar-refractivity contribution in [2.75, 3.05) is 38.0 Å². The van der Waals surface area contributed by atoms with Crippen LogP contribution in [0.15, 0.2) is 57.7 Å². The number of anilines is 1. The van der Waals surface area contributed by atoms with E-state index in [-0.39, 0.29) is 11.5 Å². The Balaban J connectivity index is 1.34. The summed E-state index contributed by atoms with van der Waals surface area (Å²) in [6, 6.07) is 15.5. The summed E-state index contributed by atoms with van der Waals surface area (Å²) in [5, 5.41) is 3.98. The van der Waals surface area contributed by atoms with Gasteiger partial charge < -0.3 is 9.73 Å². The van der Waals surface area contributed by atoms with Gasteiger partial charge in [-0.3, -0.25) is 14.6 Å². The lowest BCUT2D eigenvalue weighted by Crippen LogP contribution is -2.48. The van der Waals surface area contributed by atoms with Crippen LogP contribution in [0.5, 0.6) is 0 Å². The molecule has 1 N–H and O–H groups in total. The summed E-state index contributed by atoms with van der Waals surface area (Å²) in [6.07, 6.45) is 0.942. The number of aryl methyl sites for hydroxylation is 2. The van der Waals surface area contributed by atoms with Crippen LogP contribution in [-0.2, 0) is 17.8 Å². The van der Waals surface area contributed by atoms with Gasteiger partial charge in [0.05, 0.1) is 6.54 Å². The fourth-order valence-electron chi connectivity index (χ4n) is 4.01. The summed E-state index contributed by atoms with van der Waals surface area (Å²) in [5.74, 6) is 0.0102. The van der Waals surface area contributed by atoms with Gasteiger partial charge in [-0.25, -0.2) is 4.79 Å². The molecule has 6 heteroatoms. The minimum Gasteiger partial charge on any atom is -0.423 e. The molecule has 0 atom stereocenters. The van der Waals surface area contributed by atoms with Gasteiger partial charge in [0.1, 0.15) is 5.58 Å². The van der Waals surface area contributed by atoms with Crippen molar-refractivity contribution < 1.29 is 9.21 Å². The highest BCUT2D eigenvalue weighted by Gasteiger charge is 2.20. The number of piperazine rings is 1. The molecule has 31 heavy (non-hydrogen) atoms. The van der Waals surface area contributed by atoms with Gasteiger partial charge in [-0.2, -0.15) is 0 Å². The number of hydrogen-bond donors (Lipinski definition) is 1. The molecule has 1 aliphatic rings. The zero-order chi connectivity index (χ0) is 21.8. The number of hydrogen-bond acceptors (Lipinski definition) is 5. The summed E-state index contributed by atoms with van der Waals surface area (Å²) in [5.41, 5.74) is 4.57. The largest absolute Gasteiger partial charge is 0.423 e. The molecule has 162 valence electrons. The van der Waals surface area contributed by atoms with E-state index in [0.29, 0.717) is 18.7 Å². The van der Waals surface area contributed by atoms with Crippen LogP contribution < -0.4 is 10.9 Å². The maximum atomic E-state index is 12.4. The summed E-state index contributed by atoms with van der Waals surface area (Å²) in [7, 11) is 0. The lowest BCUT2D eigenvalue weighted by Gasteiger charge is -2.34. The van der Waals surface area contributed by atoms with Crippen LogP contribution in [0.25, 0.3) is 11.0 Å². The number of benzene rings is 2. The van der Waals surface area contributed by atoms with Gasteiger partial charge in [-0.15, -0.1) is 0 Å². The molecule has 2 aromatic carbocycles. The van der Waals surface area contributed by atoms with Crippen LogP contribution in [0.3, 0.4) is 0 Å². The van der Waals surface area contributed by atoms with E-state index in [1.165, 1.54) is 11.1 Å². The van der Waals surface area contributed by atoms with Crippen molar-refractivity contribution in [3.05, 3.63) is 75.6 Å². The van der Waals surface area contributed by atoms with Crippen molar-refractivity contribution in [1.82, 2.24) is 9.80 Å². The second-order valence-corrected chi connectivity index (χ2v) is 8.24. The molecule has 0 radical (unpaired) electrons. The summed E-state index contributed by atoms with van der Waals surface area (Å²) in [6.45, 7) is 8.59. The third-order valence-corrected chi connectivity index (χ3v) is 5.86. The highest BCUT2D eigenvalue weighted by Crippen LogP contribution is 2.21. The van der Waals surface area contributed by atoms with E-state index in [9.17, 15) is 9.59 Å². The highest BCUT2D eigenvalue weighted by atomic mass is 16.4. The van der Waals surface area contributed by atoms with E-state index in [4.69, 9.17) is 4.42 Å². The van der Waals surface area contributed by atoms with E-state index in [2.05, 4.69) is 28.1 Å². The number of nitrogens with zero attached hydrogens (tertiary/aromatic N) is 2. The smallest absolute Gasteiger partial charge is 0.336 e. The zero-order valence-electron chi connectivity index (χ0n) is 18.2. The molecule has 1 saturated heterocycles. The second-order valence-electron chi connectivity index (χ2n) is 8.24. The van der Waals surface area contributed by atoms with Crippen molar-refractivity contribution in [1.29, 1.82) is 0 Å². The first kappa shape index (κ1) is 21.3. The number of amides is 1. The first-order chi connectivity index (χ1) is 15.0. The molecule has 1 amide bonds. The first-order valence-corrected chi connectivity index (χ1v) is 10.9. The van der Waals surface area contributed by atoms with Crippen LogP contribution >= 0.6 is 0 Å². The maximum Gasteiger partial charge on any atom is 0.336 e. The monoisotopic (exact) mass is 419 g/mol. The van der Waals surface area contributed by atoms with Crippen LogP contribution in [0.2, 0.25) is 0 Å². The summed E-state index contributed by atoms with van der Waals surface area (Å²) >= 11 is 0. The van der Waals surface area contributed by atoms with Gasteiger partial charge in [0.15, 0.2) is 0 Å². The van der Waals surface area contributed by atoms with Crippen LogP contribution in [0.4, 0.5) is 5.69 Å². The van der Waals surface area contributed by atoms with E-state index in [0.717, 1.165) is 49.2 Å². The number of nitrogens with one attached hydrogen (secondary N) is 1. The van der Waals surface area contributed by atoms with E-state index >= 15 is 0 Å². The van der Waals surface area contributed by atoms with Gasteiger partial charge in [-0.1, -0.05) is 30.7 Å². The maximum absolute atomic E-state index is 12.4. The van der Waals surface area contributed by atoms with E-state index in [1.54, 1.807) is 6.07 Å². The third-order valence-electron chi connectivity index (χ3n) is 5.86. The Morgan fingerprint density at radius 1 is 1.00 bits per heavy atom. The normalized spacial score (nSPS) is 15.3. The highest BCUT2D eigenvalue weighted by molar-refractivity contribution is 5.92. The average molecular weight is 420 g/mol. The number of rotatable bonds is 6. The van der Waals surface area contributed by atoms with E-state index in [1.807, 2.05) is 43.3 Å². The zero-order valence-corrected chi connectivity index (χ0v) is 18.2. The molecule has 6 nitrogen and oxygen atoms in total. The molecule has 3 aromatic rings. The minimum atomic E-state index is -0.307. The average Bonchev–Trinajstić information content (AvgIpc) is 2.76. The quantitative estimate of drug-likeness (QED) is 0.620. The molecule has 2 heterocycles. The molecule has 0 spiro atoms. The molecule has 0 saturated carbocycles. The van der Waals surface area contributed by atoms with Crippen LogP contribution in [-0.4, -0.2) is 48.4 Å². The Morgan fingerprint density at radius 3 is 2.42 bits per heavy atom. The van der Waals surface area contributed by atoms with Crippen LogP contribution in [0.1, 0.15) is 23.6 Å². The minimum absolute atomic E-state index is 0.0102. The molecule has 0 bridgehead atoms. The Hall–Kier alpha value is -2.96. The molecule has 1 fully saturated rings. The molecular formula is C25H29N3O3. The van der Waals surface area contributed by atoms with Crippen molar-refractivity contribution in [3.8, 4) is 0 Å². The SMILES string of the molecule is CCc1ccc2oc(=O)cc(CN3CCN(CC(=O)Nc4ccc(C)cc4)CC3)c2c1. The van der Waals surface area contributed by atoms with Gasteiger partial charge in [-0.05, 0) is 48.7 Å². The lowest BCUT2D eigenvalue weighted by molar-refractivity contribution is -0.117. The van der Waals surface area contributed by atoms with Crippen molar-refractivity contribution >= 4 is 22.6 Å². The first-order valence-electron chi connectivity index (χ1n) is 10.9. The van der Waals surface area contributed by atoms with Crippen LogP contribution in [0, 0.1) is 6.92 Å². The number of carbonyl (C=O) groups excluding carboxylic acids is 1.